The Balaban J connectivity index is 2.75. The summed E-state index contributed by atoms with van der Waals surface area (Å²) in [6.45, 7) is 5.74. The van der Waals surface area contributed by atoms with Crippen molar-refractivity contribution in [3.05, 3.63) is 46.8 Å². The summed E-state index contributed by atoms with van der Waals surface area (Å²) in [4.78, 5) is 0. The molecule has 0 aliphatic rings. The van der Waals surface area contributed by atoms with Gasteiger partial charge in [-0.2, -0.15) is 0 Å². The van der Waals surface area contributed by atoms with Crippen molar-refractivity contribution in [2.75, 3.05) is 0 Å². The minimum atomic E-state index is -0.235. The third-order valence-corrected chi connectivity index (χ3v) is 2.20. The zero-order valence-corrected chi connectivity index (χ0v) is 8.37. The molecule has 0 saturated heterocycles. The predicted molar refractivity (Wildman–Crippen MR) is 54.5 cm³/mol. The van der Waals surface area contributed by atoms with Crippen LogP contribution < -0.4 is 0 Å². The molecule has 0 unspecified atom stereocenters. The van der Waals surface area contributed by atoms with Crippen molar-refractivity contribution >= 4 is 11.6 Å². The maximum absolute atomic E-state index is 12.8. The van der Waals surface area contributed by atoms with Gasteiger partial charge in [0.2, 0.25) is 0 Å². The van der Waals surface area contributed by atoms with Gasteiger partial charge < -0.3 is 0 Å². The lowest BCUT2D eigenvalue weighted by molar-refractivity contribution is 0.625. The van der Waals surface area contributed by atoms with Crippen LogP contribution in [0.5, 0.6) is 0 Å². The topological polar surface area (TPSA) is 0 Å². The van der Waals surface area contributed by atoms with Gasteiger partial charge in [-0.3, -0.25) is 0 Å². The Morgan fingerprint density at radius 2 is 2.23 bits per heavy atom. The summed E-state index contributed by atoms with van der Waals surface area (Å²) >= 11 is 5.88. The van der Waals surface area contributed by atoms with E-state index in [2.05, 4.69) is 6.58 Å². The van der Waals surface area contributed by atoms with Crippen molar-refractivity contribution in [1.29, 1.82) is 0 Å². The molecule has 70 valence electrons. The number of hydrogen-bond acceptors (Lipinski definition) is 0. The molecule has 0 atom stereocenters. The molecule has 2 heteroatoms. The highest BCUT2D eigenvalue weighted by Crippen LogP contribution is 2.19. The molecule has 0 aromatic heterocycles. The number of allylic oxidation sites excluding steroid dienone is 1. The van der Waals surface area contributed by atoms with Crippen molar-refractivity contribution in [2.24, 2.45) is 0 Å². The zero-order valence-electron chi connectivity index (χ0n) is 7.61. The van der Waals surface area contributed by atoms with Crippen molar-refractivity contribution in [3.63, 3.8) is 0 Å². The highest BCUT2D eigenvalue weighted by Gasteiger charge is 2.01. The monoisotopic (exact) mass is 198 g/mol. The summed E-state index contributed by atoms with van der Waals surface area (Å²) in [5.74, 6) is -0.235. The Bertz CT molecular complexity index is 318. The summed E-state index contributed by atoms with van der Waals surface area (Å²) in [5, 5.41) is 0.627. The average molecular weight is 199 g/mol. The third kappa shape index (κ3) is 3.19. The number of hydrogen-bond donors (Lipinski definition) is 0. The van der Waals surface area contributed by atoms with Crippen molar-refractivity contribution in [1.82, 2.24) is 0 Å². The van der Waals surface area contributed by atoms with E-state index in [4.69, 9.17) is 11.6 Å². The fourth-order valence-electron chi connectivity index (χ4n) is 1.08. The first-order valence-electron chi connectivity index (χ1n) is 4.18. The molecule has 0 aliphatic heterocycles. The molecular formula is C11H12ClF. The molecule has 0 bridgehead atoms. The van der Waals surface area contributed by atoms with Crippen LogP contribution in [0.4, 0.5) is 4.39 Å². The molecule has 1 aromatic carbocycles. The average Bonchev–Trinajstić information content (AvgIpc) is 2.06. The summed E-state index contributed by atoms with van der Waals surface area (Å²) in [6.07, 6.45) is 1.61. The van der Waals surface area contributed by atoms with Crippen molar-refractivity contribution in [3.8, 4) is 0 Å². The van der Waals surface area contributed by atoms with Crippen molar-refractivity contribution < 1.29 is 4.39 Å². The molecule has 0 nitrogen and oxygen atoms in total. The van der Waals surface area contributed by atoms with E-state index in [1.54, 1.807) is 6.07 Å². The van der Waals surface area contributed by atoms with Gasteiger partial charge in [-0.15, -0.1) is 6.58 Å². The molecule has 1 aromatic rings. The van der Waals surface area contributed by atoms with Crippen LogP contribution in [0.1, 0.15) is 18.9 Å². The van der Waals surface area contributed by atoms with Crippen LogP contribution in [0.3, 0.4) is 0 Å². The highest BCUT2D eigenvalue weighted by molar-refractivity contribution is 6.31. The second-order valence-electron chi connectivity index (χ2n) is 3.19. The van der Waals surface area contributed by atoms with Gasteiger partial charge in [0.15, 0.2) is 0 Å². The molecule has 0 amide bonds. The molecule has 13 heavy (non-hydrogen) atoms. The predicted octanol–water partition coefficient (Wildman–Crippen LogP) is 3.99. The lowest BCUT2D eigenvalue weighted by atomic mass is 10.1. The molecular weight excluding hydrogens is 187 g/mol. The summed E-state index contributed by atoms with van der Waals surface area (Å²) in [6, 6.07) is 4.43. The minimum Gasteiger partial charge on any atom is -0.207 e. The van der Waals surface area contributed by atoms with Crippen LogP contribution >= 0.6 is 11.6 Å². The third-order valence-electron chi connectivity index (χ3n) is 1.83. The first kappa shape index (κ1) is 10.3. The molecule has 0 aliphatic carbocycles. The van der Waals surface area contributed by atoms with Crippen LogP contribution in [-0.4, -0.2) is 0 Å². The van der Waals surface area contributed by atoms with Crippen molar-refractivity contribution in [2.45, 2.75) is 19.8 Å². The molecule has 0 radical (unpaired) electrons. The second kappa shape index (κ2) is 4.43. The Morgan fingerprint density at radius 3 is 2.85 bits per heavy atom. The van der Waals surface area contributed by atoms with Gasteiger partial charge in [-0.05, 0) is 43.5 Å². The van der Waals surface area contributed by atoms with Gasteiger partial charge in [-0.1, -0.05) is 17.2 Å². The van der Waals surface area contributed by atoms with Crippen LogP contribution in [-0.2, 0) is 6.42 Å². The summed E-state index contributed by atoms with van der Waals surface area (Å²) in [7, 11) is 0. The molecule has 0 fully saturated rings. The number of benzene rings is 1. The first-order chi connectivity index (χ1) is 6.09. The van der Waals surface area contributed by atoms with E-state index in [0.29, 0.717) is 5.02 Å². The Kier molecular flexibility index (Phi) is 3.49. The second-order valence-corrected chi connectivity index (χ2v) is 3.60. The number of halogens is 2. The fraction of sp³-hybridized carbons (Fsp3) is 0.273. The fourth-order valence-corrected chi connectivity index (χ4v) is 1.29. The maximum atomic E-state index is 12.8. The highest BCUT2D eigenvalue weighted by atomic mass is 35.5. The number of aryl methyl sites for hydroxylation is 1. The molecule has 0 saturated carbocycles. The van der Waals surface area contributed by atoms with E-state index in [1.165, 1.54) is 12.1 Å². The van der Waals surface area contributed by atoms with Gasteiger partial charge in [0.05, 0.1) is 0 Å². The van der Waals surface area contributed by atoms with E-state index >= 15 is 0 Å². The van der Waals surface area contributed by atoms with Crippen LogP contribution in [0, 0.1) is 5.82 Å². The van der Waals surface area contributed by atoms with E-state index in [1.807, 2.05) is 6.92 Å². The van der Waals surface area contributed by atoms with Gasteiger partial charge in [0.25, 0.3) is 0 Å². The van der Waals surface area contributed by atoms with E-state index in [9.17, 15) is 4.39 Å². The Morgan fingerprint density at radius 1 is 1.54 bits per heavy atom. The van der Waals surface area contributed by atoms with Crippen LogP contribution in [0.25, 0.3) is 0 Å². The SMILES string of the molecule is C=C(C)CCc1cc(F)ccc1Cl. The Labute approximate surface area is 83.0 Å². The smallest absolute Gasteiger partial charge is 0.123 e. The maximum Gasteiger partial charge on any atom is 0.123 e. The largest absolute Gasteiger partial charge is 0.207 e. The quantitative estimate of drug-likeness (QED) is 0.645. The van der Waals surface area contributed by atoms with E-state index < -0.39 is 0 Å². The summed E-state index contributed by atoms with van der Waals surface area (Å²) in [5.41, 5.74) is 1.94. The van der Waals surface area contributed by atoms with Crippen LogP contribution in [0.15, 0.2) is 30.4 Å². The standard InChI is InChI=1S/C11H12ClF/c1-8(2)3-4-9-7-10(13)5-6-11(9)12/h5-7H,1,3-4H2,2H3. The molecule has 0 spiro atoms. The van der Waals surface area contributed by atoms with Gasteiger partial charge in [-0.25, -0.2) is 4.39 Å². The number of rotatable bonds is 3. The van der Waals surface area contributed by atoms with Crippen LogP contribution in [0.2, 0.25) is 5.02 Å². The van der Waals surface area contributed by atoms with Gasteiger partial charge >= 0.3 is 0 Å². The van der Waals surface area contributed by atoms with Gasteiger partial charge in [0, 0.05) is 5.02 Å². The zero-order chi connectivity index (χ0) is 9.84. The molecule has 1 rings (SSSR count). The molecule has 0 N–H and O–H groups in total. The lowest BCUT2D eigenvalue weighted by Gasteiger charge is -2.03. The Hall–Kier alpha value is -0.820. The van der Waals surface area contributed by atoms with E-state index in [0.717, 1.165) is 24.0 Å². The van der Waals surface area contributed by atoms with Gasteiger partial charge in [0.1, 0.15) is 5.82 Å². The summed E-state index contributed by atoms with van der Waals surface area (Å²) < 4.78 is 12.8. The normalized spacial score (nSPS) is 10.1. The minimum absolute atomic E-state index is 0.235. The first-order valence-corrected chi connectivity index (χ1v) is 4.55. The lowest BCUT2D eigenvalue weighted by Crippen LogP contribution is -1.88. The molecule has 0 heterocycles. The van der Waals surface area contributed by atoms with E-state index in [-0.39, 0.29) is 5.82 Å².